The highest BCUT2D eigenvalue weighted by molar-refractivity contribution is 8.00. The molecule has 3 rings (SSSR count). The summed E-state index contributed by atoms with van der Waals surface area (Å²) in [6.45, 7) is 5.91. The molecule has 130 valence electrons. The van der Waals surface area contributed by atoms with E-state index in [2.05, 4.69) is 27.2 Å². The number of nitrogens with one attached hydrogen (secondary N) is 1. The van der Waals surface area contributed by atoms with Gasteiger partial charge in [-0.15, -0.1) is 11.3 Å². The summed E-state index contributed by atoms with van der Waals surface area (Å²) in [4.78, 5) is 27.3. The van der Waals surface area contributed by atoms with Crippen molar-refractivity contribution in [1.29, 1.82) is 0 Å². The van der Waals surface area contributed by atoms with Crippen LogP contribution in [0.5, 0.6) is 0 Å². The molecule has 3 heterocycles. The fraction of sp³-hybridized carbons (Fsp3) is 0.250. The van der Waals surface area contributed by atoms with Crippen LogP contribution in [0.25, 0.3) is 10.2 Å². The molecule has 0 aliphatic rings. The molecule has 5 nitrogen and oxygen atoms in total. The van der Waals surface area contributed by atoms with Gasteiger partial charge >= 0.3 is 0 Å². The topological polar surface area (TPSA) is 67.8 Å². The first-order valence-corrected chi connectivity index (χ1v) is 9.81. The molecule has 0 fully saturated rings. The zero-order valence-electron chi connectivity index (χ0n) is 13.6. The molecule has 0 aliphatic carbocycles. The number of amides is 1. The van der Waals surface area contributed by atoms with Crippen LogP contribution in [-0.2, 0) is 4.79 Å². The van der Waals surface area contributed by atoms with Gasteiger partial charge in [-0.1, -0.05) is 35.0 Å². The van der Waals surface area contributed by atoms with Crippen molar-refractivity contribution < 1.29 is 4.79 Å². The molecule has 25 heavy (non-hydrogen) atoms. The third-order valence-corrected chi connectivity index (χ3v) is 6.35. The summed E-state index contributed by atoms with van der Waals surface area (Å²) >= 11 is 14.9. The number of halogens is 2. The molecular weight excluding hydrogens is 399 g/mol. The second-order valence-electron chi connectivity index (χ2n) is 5.38. The number of rotatable bonds is 4. The molecule has 0 aliphatic heterocycles. The van der Waals surface area contributed by atoms with Crippen LogP contribution < -0.4 is 5.32 Å². The van der Waals surface area contributed by atoms with Crippen LogP contribution in [0.15, 0.2) is 23.6 Å². The Bertz CT molecular complexity index is 961. The van der Waals surface area contributed by atoms with Crippen molar-refractivity contribution in [2.75, 3.05) is 5.32 Å². The maximum Gasteiger partial charge on any atom is 0.238 e. The molecule has 0 saturated heterocycles. The quantitative estimate of drug-likeness (QED) is 0.475. The average Bonchev–Trinajstić information content (AvgIpc) is 2.85. The number of thioether (sulfide) groups is 1. The lowest BCUT2D eigenvalue weighted by Gasteiger charge is -2.12. The molecule has 3 aromatic heterocycles. The van der Waals surface area contributed by atoms with Crippen LogP contribution in [-0.4, -0.2) is 26.1 Å². The van der Waals surface area contributed by atoms with E-state index < -0.39 is 0 Å². The van der Waals surface area contributed by atoms with Gasteiger partial charge in [-0.05, 0) is 32.4 Å². The van der Waals surface area contributed by atoms with Crippen LogP contribution in [0.4, 0.5) is 5.82 Å². The molecule has 0 aromatic carbocycles. The Kier molecular flexibility index (Phi) is 5.48. The van der Waals surface area contributed by atoms with Crippen LogP contribution in [0.1, 0.15) is 17.4 Å². The number of aryl methyl sites for hydroxylation is 2. The van der Waals surface area contributed by atoms with E-state index in [9.17, 15) is 4.79 Å². The molecule has 0 unspecified atom stereocenters. The third kappa shape index (κ3) is 3.89. The lowest BCUT2D eigenvalue weighted by atomic mass is 10.2. The highest BCUT2D eigenvalue weighted by Crippen LogP contribution is 2.36. The van der Waals surface area contributed by atoms with Gasteiger partial charge in [-0.3, -0.25) is 4.79 Å². The Labute approximate surface area is 163 Å². The van der Waals surface area contributed by atoms with E-state index in [1.807, 2.05) is 13.8 Å². The summed E-state index contributed by atoms with van der Waals surface area (Å²) in [6, 6.07) is 1.54. The van der Waals surface area contributed by atoms with E-state index in [-0.39, 0.29) is 11.2 Å². The Morgan fingerprint density at radius 3 is 2.76 bits per heavy atom. The van der Waals surface area contributed by atoms with Crippen LogP contribution in [0.2, 0.25) is 10.0 Å². The van der Waals surface area contributed by atoms with Gasteiger partial charge in [0, 0.05) is 16.5 Å². The second kappa shape index (κ2) is 7.45. The predicted molar refractivity (Wildman–Crippen MR) is 105 cm³/mol. The van der Waals surface area contributed by atoms with Crippen molar-refractivity contribution in [3.8, 4) is 0 Å². The minimum absolute atomic E-state index is 0.210. The smallest absolute Gasteiger partial charge is 0.238 e. The summed E-state index contributed by atoms with van der Waals surface area (Å²) in [5.74, 6) is 0.0806. The molecule has 0 saturated carbocycles. The van der Waals surface area contributed by atoms with Gasteiger partial charge in [0.25, 0.3) is 0 Å². The fourth-order valence-electron chi connectivity index (χ4n) is 2.19. The first kappa shape index (κ1) is 18.4. The maximum atomic E-state index is 12.5. The number of hydrogen-bond acceptors (Lipinski definition) is 6. The first-order valence-electron chi connectivity index (χ1n) is 7.36. The fourth-order valence-corrected chi connectivity index (χ4v) is 4.65. The zero-order chi connectivity index (χ0) is 18.1. The Morgan fingerprint density at radius 1 is 1.28 bits per heavy atom. The molecule has 0 radical (unpaired) electrons. The van der Waals surface area contributed by atoms with Gasteiger partial charge in [-0.2, -0.15) is 0 Å². The molecule has 0 bridgehead atoms. The van der Waals surface area contributed by atoms with E-state index in [1.165, 1.54) is 35.2 Å². The van der Waals surface area contributed by atoms with E-state index in [0.717, 1.165) is 20.8 Å². The average molecular weight is 413 g/mol. The van der Waals surface area contributed by atoms with E-state index in [1.54, 1.807) is 11.3 Å². The molecular formula is C16H14Cl2N4OS2. The number of carbonyl (C=O) groups excluding carboxylic acids is 1. The number of fused-ring (bicyclic) bond motifs is 1. The number of carbonyl (C=O) groups is 1. The second-order valence-corrected chi connectivity index (χ2v) is 8.75. The summed E-state index contributed by atoms with van der Waals surface area (Å²) in [6.07, 6.45) is 2.97. The number of aromatic nitrogens is 3. The Balaban J connectivity index is 1.80. The lowest BCUT2D eigenvalue weighted by molar-refractivity contribution is -0.115. The standard InChI is InChI=1S/C16H14Cl2N4OS2/c1-7-8(2)24-15-12(7)16(21-6-20-15)25-9(3)14(23)22-13-11(18)4-10(17)5-19-13/h4-6,9H,1-3H3,(H,19,22,23)/t9-/m0/s1. The molecule has 3 aromatic rings. The van der Waals surface area contributed by atoms with E-state index in [0.29, 0.717) is 15.9 Å². The summed E-state index contributed by atoms with van der Waals surface area (Å²) in [7, 11) is 0. The Hall–Kier alpha value is -1.41. The minimum Gasteiger partial charge on any atom is -0.308 e. The van der Waals surface area contributed by atoms with Gasteiger partial charge in [0.1, 0.15) is 16.2 Å². The number of thiophene rings is 1. The molecule has 1 atom stereocenters. The first-order chi connectivity index (χ1) is 11.9. The molecule has 0 spiro atoms. The summed E-state index contributed by atoms with van der Waals surface area (Å²) in [5, 5.41) is 4.86. The zero-order valence-corrected chi connectivity index (χ0v) is 16.8. The van der Waals surface area contributed by atoms with E-state index in [4.69, 9.17) is 23.2 Å². The van der Waals surface area contributed by atoms with Crippen LogP contribution in [0, 0.1) is 13.8 Å². The third-order valence-electron chi connectivity index (χ3n) is 3.64. The van der Waals surface area contributed by atoms with Gasteiger partial charge < -0.3 is 5.32 Å². The molecule has 9 heteroatoms. The van der Waals surface area contributed by atoms with Crippen LogP contribution in [0.3, 0.4) is 0 Å². The number of hydrogen-bond donors (Lipinski definition) is 1. The number of nitrogens with zero attached hydrogens (tertiary/aromatic N) is 3. The van der Waals surface area contributed by atoms with Crippen molar-refractivity contribution in [3.05, 3.63) is 39.1 Å². The maximum absolute atomic E-state index is 12.5. The number of anilines is 1. The van der Waals surface area contributed by atoms with E-state index >= 15 is 0 Å². The summed E-state index contributed by atoms with van der Waals surface area (Å²) in [5.41, 5.74) is 1.15. The SMILES string of the molecule is Cc1sc2ncnc(S[C@@H](C)C(=O)Nc3ncc(Cl)cc3Cl)c2c1C. The van der Waals surface area contributed by atoms with Crippen molar-refractivity contribution in [2.24, 2.45) is 0 Å². The predicted octanol–water partition coefficient (Wildman–Crippen LogP) is 5.13. The van der Waals surface area contributed by atoms with Gasteiger partial charge in [0.2, 0.25) is 5.91 Å². The summed E-state index contributed by atoms with van der Waals surface area (Å²) < 4.78 is 0. The lowest BCUT2D eigenvalue weighted by Crippen LogP contribution is -2.23. The normalized spacial score (nSPS) is 12.4. The van der Waals surface area contributed by atoms with Crippen molar-refractivity contribution >= 4 is 68.2 Å². The van der Waals surface area contributed by atoms with Gasteiger partial charge in [0.15, 0.2) is 5.82 Å². The highest BCUT2D eigenvalue weighted by atomic mass is 35.5. The van der Waals surface area contributed by atoms with Crippen molar-refractivity contribution in [2.45, 2.75) is 31.0 Å². The minimum atomic E-state index is -0.383. The highest BCUT2D eigenvalue weighted by Gasteiger charge is 2.20. The van der Waals surface area contributed by atoms with Crippen LogP contribution >= 0.6 is 46.3 Å². The van der Waals surface area contributed by atoms with Crippen molar-refractivity contribution in [3.63, 3.8) is 0 Å². The van der Waals surface area contributed by atoms with Crippen molar-refractivity contribution in [1.82, 2.24) is 15.0 Å². The van der Waals surface area contributed by atoms with Gasteiger partial charge in [-0.25, -0.2) is 15.0 Å². The molecule has 1 amide bonds. The number of pyridine rings is 1. The monoisotopic (exact) mass is 412 g/mol. The van der Waals surface area contributed by atoms with Gasteiger partial charge in [0.05, 0.1) is 15.3 Å². The largest absolute Gasteiger partial charge is 0.308 e. The molecule has 1 N–H and O–H groups in total. The Morgan fingerprint density at radius 2 is 2.04 bits per heavy atom.